The Balaban J connectivity index is 2.49. The van der Waals surface area contributed by atoms with Gasteiger partial charge in [-0.15, -0.1) is 0 Å². The number of hydrogen-bond acceptors (Lipinski definition) is 1. The summed E-state index contributed by atoms with van der Waals surface area (Å²) in [4.78, 5) is 0. The van der Waals surface area contributed by atoms with Crippen molar-refractivity contribution in [3.8, 4) is 0 Å². The zero-order valence-corrected chi connectivity index (χ0v) is 9.27. The van der Waals surface area contributed by atoms with Crippen molar-refractivity contribution in [1.82, 2.24) is 0 Å². The van der Waals surface area contributed by atoms with Crippen LogP contribution < -0.4 is 5.73 Å². The first-order chi connectivity index (χ1) is 6.63. The molecule has 1 aliphatic rings. The van der Waals surface area contributed by atoms with E-state index >= 15 is 0 Å². The Labute approximate surface area is 90.3 Å². The van der Waals surface area contributed by atoms with E-state index in [1.807, 2.05) is 12.1 Å². The summed E-state index contributed by atoms with van der Waals surface area (Å²) in [7, 11) is 0. The highest BCUT2D eigenvalue weighted by Gasteiger charge is 2.33. The van der Waals surface area contributed by atoms with Gasteiger partial charge in [-0.25, -0.2) is 0 Å². The van der Waals surface area contributed by atoms with E-state index in [9.17, 15) is 0 Å². The first-order valence-corrected chi connectivity index (χ1v) is 5.56. The van der Waals surface area contributed by atoms with Crippen LogP contribution in [0.3, 0.4) is 0 Å². The molecule has 76 valence electrons. The monoisotopic (exact) mass is 209 g/mol. The van der Waals surface area contributed by atoms with Crippen LogP contribution in [0.15, 0.2) is 18.2 Å². The van der Waals surface area contributed by atoms with E-state index in [-0.39, 0.29) is 5.54 Å². The predicted molar refractivity (Wildman–Crippen MR) is 60.5 cm³/mol. The third kappa shape index (κ3) is 1.55. The summed E-state index contributed by atoms with van der Waals surface area (Å²) in [5.74, 6) is 0. The lowest BCUT2D eigenvalue weighted by atomic mass is 9.86. The van der Waals surface area contributed by atoms with Gasteiger partial charge in [-0.05, 0) is 37.0 Å². The molecule has 0 saturated heterocycles. The Bertz CT molecular complexity index is 320. The summed E-state index contributed by atoms with van der Waals surface area (Å²) in [6.07, 6.45) is 4.58. The molecule has 0 aliphatic heterocycles. The van der Waals surface area contributed by atoms with Crippen LogP contribution in [-0.2, 0) is 5.54 Å². The average Bonchev–Trinajstić information content (AvgIpc) is 2.52. The number of aryl methyl sites for hydroxylation is 1. The summed E-state index contributed by atoms with van der Waals surface area (Å²) in [5.41, 5.74) is 8.62. The lowest BCUT2D eigenvalue weighted by Gasteiger charge is -2.27. The molecule has 0 radical (unpaired) electrons. The first-order valence-electron chi connectivity index (χ1n) is 5.18. The molecule has 0 atom stereocenters. The molecular weight excluding hydrogens is 194 g/mol. The van der Waals surface area contributed by atoms with Gasteiger partial charge in [-0.3, -0.25) is 0 Å². The molecule has 1 aromatic carbocycles. The third-order valence-electron chi connectivity index (χ3n) is 3.22. The topological polar surface area (TPSA) is 26.0 Å². The van der Waals surface area contributed by atoms with Gasteiger partial charge in [-0.2, -0.15) is 0 Å². The Hall–Kier alpha value is -0.530. The molecule has 0 unspecified atom stereocenters. The molecule has 0 amide bonds. The molecule has 1 aliphatic carbocycles. The van der Waals surface area contributed by atoms with Crippen LogP contribution in [0.2, 0.25) is 5.02 Å². The van der Waals surface area contributed by atoms with Gasteiger partial charge in [0.15, 0.2) is 0 Å². The van der Waals surface area contributed by atoms with Crippen LogP contribution in [0.1, 0.15) is 36.8 Å². The van der Waals surface area contributed by atoms with E-state index < -0.39 is 0 Å². The van der Waals surface area contributed by atoms with Crippen molar-refractivity contribution in [3.05, 3.63) is 34.3 Å². The number of nitrogens with two attached hydrogens (primary N) is 1. The maximum atomic E-state index is 6.40. The van der Waals surface area contributed by atoms with Gasteiger partial charge < -0.3 is 5.73 Å². The van der Waals surface area contributed by atoms with Crippen molar-refractivity contribution in [3.63, 3.8) is 0 Å². The van der Waals surface area contributed by atoms with Crippen molar-refractivity contribution in [1.29, 1.82) is 0 Å². The van der Waals surface area contributed by atoms with Gasteiger partial charge in [-0.1, -0.05) is 36.6 Å². The van der Waals surface area contributed by atoms with E-state index in [0.29, 0.717) is 0 Å². The second-order valence-electron chi connectivity index (χ2n) is 4.29. The van der Waals surface area contributed by atoms with E-state index in [1.54, 1.807) is 0 Å². The minimum absolute atomic E-state index is 0.164. The number of halogens is 1. The zero-order chi connectivity index (χ0) is 10.2. The highest BCUT2D eigenvalue weighted by Crippen LogP contribution is 2.40. The molecule has 1 aromatic rings. The molecule has 1 nitrogen and oxygen atoms in total. The first kappa shape index (κ1) is 10.0. The second-order valence-corrected chi connectivity index (χ2v) is 4.70. The lowest BCUT2D eigenvalue weighted by Crippen LogP contribution is -2.34. The lowest BCUT2D eigenvalue weighted by molar-refractivity contribution is 0.459. The maximum absolute atomic E-state index is 6.40. The van der Waals surface area contributed by atoms with Crippen molar-refractivity contribution in [2.45, 2.75) is 38.1 Å². The molecule has 1 fully saturated rings. The standard InChI is InChI=1S/C12H16ClN/c1-9-5-4-6-10(13)11(9)12(14)7-2-3-8-12/h4-6H,2-3,7-8,14H2,1H3. The number of hydrogen-bond donors (Lipinski definition) is 1. The Kier molecular flexibility index (Phi) is 2.54. The van der Waals surface area contributed by atoms with Gasteiger partial charge in [0.25, 0.3) is 0 Å². The SMILES string of the molecule is Cc1cccc(Cl)c1C1(N)CCCC1. The van der Waals surface area contributed by atoms with Gasteiger partial charge in [0, 0.05) is 10.6 Å². The number of rotatable bonds is 1. The maximum Gasteiger partial charge on any atom is 0.0459 e. The summed E-state index contributed by atoms with van der Waals surface area (Å²) in [5, 5.41) is 0.828. The highest BCUT2D eigenvalue weighted by atomic mass is 35.5. The molecule has 2 N–H and O–H groups in total. The van der Waals surface area contributed by atoms with Crippen molar-refractivity contribution in [2.75, 3.05) is 0 Å². The summed E-state index contributed by atoms with van der Waals surface area (Å²) >= 11 is 6.22. The normalized spacial score (nSPS) is 19.9. The molecule has 0 aromatic heterocycles. The van der Waals surface area contributed by atoms with Crippen LogP contribution >= 0.6 is 11.6 Å². The van der Waals surface area contributed by atoms with E-state index in [4.69, 9.17) is 17.3 Å². The van der Waals surface area contributed by atoms with Crippen LogP contribution in [0.5, 0.6) is 0 Å². The predicted octanol–water partition coefficient (Wildman–Crippen LogP) is 3.38. The molecule has 0 spiro atoms. The van der Waals surface area contributed by atoms with E-state index in [2.05, 4.69) is 13.0 Å². The molecule has 2 rings (SSSR count). The van der Waals surface area contributed by atoms with Crippen molar-refractivity contribution < 1.29 is 0 Å². The summed E-state index contributed by atoms with van der Waals surface area (Å²) in [6, 6.07) is 6.02. The minimum Gasteiger partial charge on any atom is -0.321 e. The molecular formula is C12H16ClN. The molecule has 0 bridgehead atoms. The van der Waals surface area contributed by atoms with Gasteiger partial charge in [0.1, 0.15) is 0 Å². The zero-order valence-electron chi connectivity index (χ0n) is 8.52. The van der Waals surface area contributed by atoms with Crippen molar-refractivity contribution >= 4 is 11.6 Å². The minimum atomic E-state index is -0.164. The largest absolute Gasteiger partial charge is 0.321 e. The van der Waals surface area contributed by atoms with E-state index in [0.717, 1.165) is 17.9 Å². The Morgan fingerprint density at radius 2 is 1.93 bits per heavy atom. The summed E-state index contributed by atoms with van der Waals surface area (Å²) in [6.45, 7) is 2.09. The Morgan fingerprint density at radius 3 is 2.50 bits per heavy atom. The molecule has 0 heterocycles. The second kappa shape index (κ2) is 3.56. The number of benzene rings is 1. The fourth-order valence-electron chi connectivity index (χ4n) is 2.52. The summed E-state index contributed by atoms with van der Waals surface area (Å²) < 4.78 is 0. The van der Waals surface area contributed by atoms with Gasteiger partial charge >= 0.3 is 0 Å². The van der Waals surface area contributed by atoms with Crippen LogP contribution in [0.4, 0.5) is 0 Å². The van der Waals surface area contributed by atoms with Crippen LogP contribution in [0.25, 0.3) is 0 Å². The van der Waals surface area contributed by atoms with Gasteiger partial charge in [0.2, 0.25) is 0 Å². The fraction of sp³-hybridized carbons (Fsp3) is 0.500. The van der Waals surface area contributed by atoms with E-state index in [1.165, 1.54) is 24.0 Å². The van der Waals surface area contributed by atoms with Crippen molar-refractivity contribution in [2.24, 2.45) is 5.73 Å². The fourth-order valence-corrected chi connectivity index (χ4v) is 2.93. The molecule has 1 saturated carbocycles. The Morgan fingerprint density at radius 1 is 1.29 bits per heavy atom. The quantitative estimate of drug-likeness (QED) is 0.754. The molecule has 2 heteroatoms. The smallest absolute Gasteiger partial charge is 0.0459 e. The third-order valence-corrected chi connectivity index (χ3v) is 3.53. The van der Waals surface area contributed by atoms with Crippen LogP contribution in [-0.4, -0.2) is 0 Å². The average molecular weight is 210 g/mol. The highest BCUT2D eigenvalue weighted by molar-refractivity contribution is 6.31. The van der Waals surface area contributed by atoms with Gasteiger partial charge in [0.05, 0.1) is 0 Å². The van der Waals surface area contributed by atoms with Crippen LogP contribution in [0, 0.1) is 6.92 Å². The molecule has 14 heavy (non-hydrogen) atoms.